The number of nitrogens with two attached hydrogens (primary N) is 1. The fraction of sp³-hybridized carbons (Fsp3) is 0.818. The maximum atomic E-state index is 11.9. The Hall–Kier alpha value is -1.10. The van der Waals surface area contributed by atoms with E-state index in [1.807, 2.05) is 6.92 Å². The molecule has 3 N–H and O–H groups in total. The van der Waals surface area contributed by atoms with Crippen LogP contribution in [-0.4, -0.2) is 42.4 Å². The lowest BCUT2D eigenvalue weighted by atomic mass is 10.1. The third kappa shape index (κ3) is 3.20. The van der Waals surface area contributed by atoms with Gasteiger partial charge in [-0.15, -0.1) is 0 Å². The molecule has 92 valence electrons. The van der Waals surface area contributed by atoms with Gasteiger partial charge >= 0.3 is 0 Å². The van der Waals surface area contributed by atoms with Crippen LogP contribution in [0.3, 0.4) is 0 Å². The van der Waals surface area contributed by atoms with Crippen molar-refractivity contribution < 1.29 is 9.59 Å². The van der Waals surface area contributed by atoms with E-state index < -0.39 is 0 Å². The van der Waals surface area contributed by atoms with Gasteiger partial charge in [-0.2, -0.15) is 0 Å². The van der Waals surface area contributed by atoms with E-state index in [9.17, 15) is 9.59 Å². The lowest BCUT2D eigenvalue weighted by Crippen LogP contribution is -2.56. The molecule has 0 radical (unpaired) electrons. The number of rotatable bonds is 5. The van der Waals surface area contributed by atoms with Gasteiger partial charge in [0.2, 0.25) is 11.8 Å². The first kappa shape index (κ1) is 13.0. The molecule has 5 heteroatoms. The van der Waals surface area contributed by atoms with Crippen LogP contribution in [0.15, 0.2) is 0 Å². The number of unbranched alkanes of at least 4 members (excludes halogenated alkanes) is 1. The lowest BCUT2D eigenvalue weighted by molar-refractivity contribution is -0.143. The SMILES string of the molecule is CCC1C(=O)NCCN1C(=O)CCCCN. The Morgan fingerprint density at radius 1 is 1.56 bits per heavy atom. The number of piperazine rings is 1. The van der Waals surface area contributed by atoms with Crippen LogP contribution in [0.1, 0.15) is 32.6 Å². The van der Waals surface area contributed by atoms with Gasteiger partial charge in [0.25, 0.3) is 0 Å². The van der Waals surface area contributed by atoms with Gasteiger partial charge in [0.15, 0.2) is 0 Å². The Labute approximate surface area is 96.4 Å². The molecule has 1 unspecified atom stereocenters. The number of hydrogen-bond donors (Lipinski definition) is 2. The third-order valence-corrected chi connectivity index (χ3v) is 2.88. The molecule has 16 heavy (non-hydrogen) atoms. The monoisotopic (exact) mass is 227 g/mol. The molecule has 2 amide bonds. The predicted octanol–water partition coefficient (Wildman–Crippen LogP) is -0.148. The van der Waals surface area contributed by atoms with Crippen molar-refractivity contribution in [3.63, 3.8) is 0 Å². The quantitative estimate of drug-likeness (QED) is 0.641. The Bertz CT molecular complexity index is 256. The summed E-state index contributed by atoms with van der Waals surface area (Å²) in [6, 6.07) is -0.279. The maximum absolute atomic E-state index is 11.9. The van der Waals surface area contributed by atoms with E-state index in [4.69, 9.17) is 5.73 Å². The topological polar surface area (TPSA) is 75.4 Å². The van der Waals surface area contributed by atoms with E-state index in [2.05, 4.69) is 5.32 Å². The van der Waals surface area contributed by atoms with Gasteiger partial charge in [0, 0.05) is 19.5 Å². The number of carbonyl (C=O) groups excluding carboxylic acids is 2. The predicted molar refractivity (Wildman–Crippen MR) is 61.7 cm³/mol. The van der Waals surface area contributed by atoms with Crippen LogP contribution in [0.5, 0.6) is 0 Å². The molecule has 1 aliphatic heterocycles. The number of amides is 2. The Balaban J connectivity index is 2.48. The Morgan fingerprint density at radius 2 is 2.31 bits per heavy atom. The fourth-order valence-corrected chi connectivity index (χ4v) is 1.98. The van der Waals surface area contributed by atoms with Crippen LogP contribution >= 0.6 is 0 Å². The number of hydrogen-bond acceptors (Lipinski definition) is 3. The number of carbonyl (C=O) groups is 2. The molecule has 0 aromatic carbocycles. The fourth-order valence-electron chi connectivity index (χ4n) is 1.98. The molecule has 5 nitrogen and oxygen atoms in total. The molecule has 1 fully saturated rings. The van der Waals surface area contributed by atoms with Gasteiger partial charge in [-0.25, -0.2) is 0 Å². The molecule has 0 bridgehead atoms. The summed E-state index contributed by atoms with van der Waals surface area (Å²) in [5.41, 5.74) is 5.38. The highest BCUT2D eigenvalue weighted by Gasteiger charge is 2.30. The molecule has 0 saturated carbocycles. The van der Waals surface area contributed by atoms with E-state index in [1.54, 1.807) is 4.90 Å². The summed E-state index contributed by atoms with van der Waals surface area (Å²) in [5, 5.41) is 2.78. The van der Waals surface area contributed by atoms with Crippen LogP contribution in [-0.2, 0) is 9.59 Å². The highest BCUT2D eigenvalue weighted by molar-refractivity contribution is 5.88. The van der Waals surface area contributed by atoms with Crippen molar-refractivity contribution in [3.8, 4) is 0 Å². The first-order chi connectivity index (χ1) is 7.70. The van der Waals surface area contributed by atoms with E-state index >= 15 is 0 Å². The third-order valence-electron chi connectivity index (χ3n) is 2.88. The minimum atomic E-state index is -0.279. The van der Waals surface area contributed by atoms with E-state index in [0.717, 1.165) is 12.8 Å². The zero-order chi connectivity index (χ0) is 12.0. The van der Waals surface area contributed by atoms with E-state index in [0.29, 0.717) is 32.5 Å². The van der Waals surface area contributed by atoms with Crippen LogP contribution in [0.2, 0.25) is 0 Å². The molecule has 1 rings (SSSR count). The second kappa shape index (κ2) is 6.48. The average molecular weight is 227 g/mol. The first-order valence-electron chi connectivity index (χ1n) is 5.98. The molecule has 0 aromatic heterocycles. The maximum Gasteiger partial charge on any atom is 0.242 e. The zero-order valence-corrected chi connectivity index (χ0v) is 9.87. The molecule has 0 aromatic rings. The van der Waals surface area contributed by atoms with E-state index in [-0.39, 0.29) is 17.9 Å². The normalized spacial score (nSPS) is 20.8. The van der Waals surface area contributed by atoms with Crippen molar-refractivity contribution in [1.29, 1.82) is 0 Å². The second-order valence-electron chi connectivity index (χ2n) is 4.05. The van der Waals surface area contributed by atoms with Gasteiger partial charge < -0.3 is 16.0 Å². The average Bonchev–Trinajstić information content (AvgIpc) is 2.29. The highest BCUT2D eigenvalue weighted by Crippen LogP contribution is 2.11. The highest BCUT2D eigenvalue weighted by atomic mass is 16.2. The second-order valence-corrected chi connectivity index (χ2v) is 4.05. The van der Waals surface area contributed by atoms with Crippen molar-refractivity contribution in [2.45, 2.75) is 38.6 Å². The van der Waals surface area contributed by atoms with Crippen molar-refractivity contribution in [3.05, 3.63) is 0 Å². The van der Waals surface area contributed by atoms with E-state index in [1.165, 1.54) is 0 Å². The van der Waals surface area contributed by atoms with Crippen LogP contribution in [0.25, 0.3) is 0 Å². The van der Waals surface area contributed by atoms with Gasteiger partial charge in [0.05, 0.1) is 0 Å². The number of nitrogens with zero attached hydrogens (tertiary/aromatic N) is 1. The number of nitrogens with one attached hydrogen (secondary N) is 1. The molecule has 1 saturated heterocycles. The van der Waals surface area contributed by atoms with Gasteiger partial charge in [0.1, 0.15) is 6.04 Å². The van der Waals surface area contributed by atoms with Gasteiger partial charge in [-0.1, -0.05) is 6.92 Å². The van der Waals surface area contributed by atoms with Crippen LogP contribution in [0.4, 0.5) is 0 Å². The standard InChI is InChI=1S/C11H21N3O2/c1-2-9-11(16)13-7-8-14(9)10(15)5-3-4-6-12/h9H,2-8,12H2,1H3,(H,13,16). The summed E-state index contributed by atoms with van der Waals surface area (Å²) in [6.45, 7) is 3.74. The minimum Gasteiger partial charge on any atom is -0.353 e. The molecule has 1 aliphatic rings. The lowest BCUT2D eigenvalue weighted by Gasteiger charge is -2.34. The summed E-state index contributed by atoms with van der Waals surface area (Å²) < 4.78 is 0. The molecular formula is C11H21N3O2. The van der Waals surface area contributed by atoms with Crippen LogP contribution < -0.4 is 11.1 Å². The van der Waals surface area contributed by atoms with Gasteiger partial charge in [-0.05, 0) is 25.8 Å². The summed E-state index contributed by atoms with van der Waals surface area (Å²) in [7, 11) is 0. The van der Waals surface area contributed by atoms with Gasteiger partial charge in [-0.3, -0.25) is 9.59 Å². The van der Waals surface area contributed by atoms with Crippen molar-refractivity contribution in [1.82, 2.24) is 10.2 Å². The Kier molecular flexibility index (Phi) is 5.25. The summed E-state index contributed by atoms with van der Waals surface area (Å²) in [6.07, 6.45) is 2.85. The smallest absolute Gasteiger partial charge is 0.242 e. The molecule has 0 aliphatic carbocycles. The zero-order valence-electron chi connectivity index (χ0n) is 9.87. The Morgan fingerprint density at radius 3 is 2.94 bits per heavy atom. The molecular weight excluding hydrogens is 206 g/mol. The summed E-state index contributed by atoms with van der Waals surface area (Å²) in [5.74, 6) is 0.0519. The minimum absolute atomic E-state index is 0.0269. The van der Waals surface area contributed by atoms with Crippen molar-refractivity contribution in [2.24, 2.45) is 5.73 Å². The van der Waals surface area contributed by atoms with Crippen LogP contribution in [0, 0.1) is 0 Å². The van der Waals surface area contributed by atoms with Crippen molar-refractivity contribution >= 4 is 11.8 Å². The van der Waals surface area contributed by atoms with Crippen molar-refractivity contribution in [2.75, 3.05) is 19.6 Å². The largest absolute Gasteiger partial charge is 0.353 e. The first-order valence-corrected chi connectivity index (χ1v) is 5.98. The molecule has 1 heterocycles. The molecule has 1 atom stereocenters. The summed E-state index contributed by atoms with van der Waals surface area (Å²) >= 11 is 0. The molecule has 0 spiro atoms. The summed E-state index contributed by atoms with van der Waals surface area (Å²) in [4.78, 5) is 25.1.